The molecule has 1 atom stereocenters. The van der Waals surface area contributed by atoms with Crippen molar-refractivity contribution in [2.75, 3.05) is 18.4 Å². The molecule has 0 fully saturated rings. The summed E-state index contributed by atoms with van der Waals surface area (Å²) in [7, 11) is 0. The minimum absolute atomic E-state index is 0.00847. The largest absolute Gasteiger partial charge is 0.507 e. The standard InChI is InChI=1S/C25H24N6O6/c1-10-19(34)16(12(3)32)21-17(20(10)35)25(4)14(37-21)7-13(33)15(22(25)36)11(2)26-5-6-27-23-18-24(29-8-28-18)31-9-30-23/h7-9,26,34-35H,5-6H2,1-4H3,(H2,27,28,29,30,31)/b15-11+/t25-/m0/s1. The van der Waals surface area contributed by atoms with Gasteiger partial charge in [0, 0.05) is 30.4 Å². The summed E-state index contributed by atoms with van der Waals surface area (Å²) >= 11 is 0. The Morgan fingerprint density at radius 3 is 2.62 bits per heavy atom. The summed E-state index contributed by atoms with van der Waals surface area (Å²) in [4.78, 5) is 54.4. The number of carbonyl (C=O) groups excluding carboxylic acids is 3. The molecule has 0 saturated heterocycles. The predicted molar refractivity (Wildman–Crippen MR) is 131 cm³/mol. The molecule has 1 aliphatic heterocycles. The van der Waals surface area contributed by atoms with Crippen LogP contribution in [0.4, 0.5) is 5.82 Å². The number of imidazole rings is 1. The second-order valence-electron chi connectivity index (χ2n) is 9.06. The third kappa shape index (κ3) is 3.44. The number of Topliss-reactive ketones (excluding diaryl/α,β-unsaturated/α-hetero) is 2. The van der Waals surface area contributed by atoms with Crippen LogP contribution < -0.4 is 15.4 Å². The normalized spacial score (nSPS) is 19.7. The van der Waals surface area contributed by atoms with Gasteiger partial charge in [-0.05, 0) is 27.7 Å². The molecular weight excluding hydrogens is 480 g/mol. The smallest absolute Gasteiger partial charge is 0.194 e. The highest BCUT2D eigenvalue weighted by atomic mass is 16.5. The lowest BCUT2D eigenvalue weighted by molar-refractivity contribution is -0.123. The Balaban J connectivity index is 1.44. The molecule has 0 unspecified atom stereocenters. The first kappa shape index (κ1) is 24.0. The molecule has 190 valence electrons. The molecule has 1 aromatic carbocycles. The molecule has 0 spiro atoms. The molecule has 1 aliphatic carbocycles. The summed E-state index contributed by atoms with van der Waals surface area (Å²) in [5.74, 6) is -2.01. The van der Waals surface area contributed by atoms with E-state index >= 15 is 0 Å². The minimum Gasteiger partial charge on any atom is -0.507 e. The predicted octanol–water partition coefficient (Wildman–Crippen LogP) is 1.94. The van der Waals surface area contributed by atoms with E-state index < -0.39 is 28.5 Å². The minimum atomic E-state index is -1.56. The summed E-state index contributed by atoms with van der Waals surface area (Å²) in [5.41, 5.74) is -0.167. The number of allylic oxidation sites excluding steroid dienone is 4. The van der Waals surface area contributed by atoms with Crippen LogP contribution in [-0.2, 0) is 15.0 Å². The third-order valence-corrected chi connectivity index (χ3v) is 6.79. The van der Waals surface area contributed by atoms with Crippen LogP contribution in [0.3, 0.4) is 0 Å². The van der Waals surface area contributed by atoms with Crippen LogP contribution in [0, 0.1) is 6.92 Å². The van der Waals surface area contributed by atoms with Crippen LogP contribution in [0.2, 0.25) is 0 Å². The van der Waals surface area contributed by atoms with E-state index in [0.717, 1.165) is 0 Å². The molecule has 3 heterocycles. The molecule has 0 radical (unpaired) electrons. The van der Waals surface area contributed by atoms with Gasteiger partial charge in [-0.3, -0.25) is 14.4 Å². The van der Waals surface area contributed by atoms with Gasteiger partial charge in [0.05, 0.1) is 17.5 Å². The van der Waals surface area contributed by atoms with Gasteiger partial charge in [0.1, 0.15) is 45.8 Å². The van der Waals surface area contributed by atoms with Crippen molar-refractivity contribution in [3.63, 3.8) is 0 Å². The highest BCUT2D eigenvalue weighted by Gasteiger charge is 2.56. The van der Waals surface area contributed by atoms with E-state index in [2.05, 4.69) is 30.6 Å². The summed E-state index contributed by atoms with van der Waals surface area (Å²) in [6.45, 7) is 6.58. The van der Waals surface area contributed by atoms with E-state index in [1.54, 1.807) is 6.92 Å². The van der Waals surface area contributed by atoms with Crippen molar-refractivity contribution < 1.29 is 29.3 Å². The Kier molecular flexibility index (Phi) is 5.46. The van der Waals surface area contributed by atoms with Crippen molar-refractivity contribution in [2.45, 2.75) is 33.1 Å². The number of fused-ring (bicyclic) bond motifs is 4. The van der Waals surface area contributed by atoms with Crippen LogP contribution in [-0.4, -0.2) is 60.6 Å². The Bertz CT molecular complexity index is 1590. The average Bonchev–Trinajstić information content (AvgIpc) is 3.44. The number of nitrogens with zero attached hydrogens (tertiary/aromatic N) is 3. The Labute approximate surface area is 210 Å². The van der Waals surface area contributed by atoms with Gasteiger partial charge in [0.25, 0.3) is 0 Å². The number of aromatic nitrogens is 4. The molecule has 5 N–H and O–H groups in total. The molecule has 2 aromatic heterocycles. The fourth-order valence-corrected chi connectivity index (χ4v) is 4.78. The van der Waals surface area contributed by atoms with Gasteiger partial charge in [0.15, 0.2) is 28.8 Å². The zero-order valence-corrected chi connectivity index (χ0v) is 20.5. The summed E-state index contributed by atoms with van der Waals surface area (Å²) in [5, 5.41) is 27.6. The molecule has 0 amide bonds. The highest BCUT2D eigenvalue weighted by Crippen LogP contribution is 2.57. The number of hydrogen-bond acceptors (Lipinski definition) is 11. The number of H-pyrrole nitrogens is 1. The van der Waals surface area contributed by atoms with Gasteiger partial charge >= 0.3 is 0 Å². The number of aromatic amines is 1. The van der Waals surface area contributed by atoms with Gasteiger partial charge in [-0.2, -0.15) is 0 Å². The number of rotatable bonds is 6. The van der Waals surface area contributed by atoms with Crippen LogP contribution >= 0.6 is 0 Å². The molecule has 3 aromatic rings. The van der Waals surface area contributed by atoms with Crippen LogP contribution in [0.15, 0.2) is 35.8 Å². The van der Waals surface area contributed by atoms with Crippen LogP contribution in [0.25, 0.3) is 11.2 Å². The molecule has 0 saturated carbocycles. The second kappa shape index (κ2) is 8.43. The van der Waals surface area contributed by atoms with E-state index in [1.807, 2.05) is 0 Å². The number of nitrogens with one attached hydrogen (secondary N) is 3. The van der Waals surface area contributed by atoms with E-state index in [4.69, 9.17) is 4.74 Å². The number of phenols is 2. The molecule has 37 heavy (non-hydrogen) atoms. The van der Waals surface area contributed by atoms with Gasteiger partial charge in [-0.1, -0.05) is 0 Å². The number of ether oxygens (including phenoxy) is 1. The zero-order valence-electron chi connectivity index (χ0n) is 20.5. The number of aromatic hydroxyl groups is 2. The van der Waals surface area contributed by atoms with Crippen molar-refractivity contribution in [3.8, 4) is 17.2 Å². The molecule has 12 heteroatoms. The fourth-order valence-electron chi connectivity index (χ4n) is 4.78. The van der Waals surface area contributed by atoms with Gasteiger partial charge in [-0.25, -0.2) is 15.0 Å². The van der Waals surface area contributed by atoms with E-state index in [9.17, 15) is 24.6 Å². The summed E-state index contributed by atoms with van der Waals surface area (Å²) in [6, 6.07) is 0. The van der Waals surface area contributed by atoms with Gasteiger partial charge in [-0.15, -0.1) is 0 Å². The average molecular weight is 505 g/mol. The van der Waals surface area contributed by atoms with Crippen molar-refractivity contribution in [1.29, 1.82) is 0 Å². The lowest BCUT2D eigenvalue weighted by atomic mass is 9.70. The quantitative estimate of drug-likeness (QED) is 0.143. The van der Waals surface area contributed by atoms with Crippen LogP contribution in [0.1, 0.15) is 42.3 Å². The van der Waals surface area contributed by atoms with Crippen LogP contribution in [0.5, 0.6) is 17.2 Å². The SMILES string of the molecule is CC(=O)c1c(O)c(C)c(O)c2c1OC1=CC(=O)/C(=C(/C)NCCNc3ncnc4nc[nH]c34)C(=O)[C@@]12C. The van der Waals surface area contributed by atoms with Crippen molar-refractivity contribution in [2.24, 2.45) is 0 Å². The maximum absolute atomic E-state index is 13.8. The lowest BCUT2D eigenvalue weighted by Gasteiger charge is -2.29. The number of benzene rings is 1. The molecule has 0 bridgehead atoms. The number of anilines is 1. The first-order valence-electron chi connectivity index (χ1n) is 11.5. The van der Waals surface area contributed by atoms with Crippen molar-refractivity contribution in [1.82, 2.24) is 25.3 Å². The van der Waals surface area contributed by atoms with Crippen molar-refractivity contribution in [3.05, 3.63) is 52.5 Å². The van der Waals surface area contributed by atoms with Crippen molar-refractivity contribution >= 4 is 34.3 Å². The van der Waals surface area contributed by atoms with E-state index in [1.165, 1.54) is 39.5 Å². The zero-order chi connectivity index (χ0) is 26.6. The molecular formula is C25H24N6O6. The monoisotopic (exact) mass is 504 g/mol. The second-order valence-corrected chi connectivity index (χ2v) is 9.06. The number of hydrogen-bond donors (Lipinski definition) is 5. The van der Waals surface area contributed by atoms with Gasteiger partial charge < -0.3 is 30.6 Å². The first-order valence-corrected chi connectivity index (χ1v) is 11.5. The Hall–Kier alpha value is -4.74. The Morgan fingerprint density at radius 2 is 1.89 bits per heavy atom. The maximum Gasteiger partial charge on any atom is 0.194 e. The lowest BCUT2D eigenvalue weighted by Crippen LogP contribution is -2.41. The highest BCUT2D eigenvalue weighted by molar-refractivity contribution is 6.31. The number of phenolic OH excluding ortho intramolecular Hbond substituents is 2. The summed E-state index contributed by atoms with van der Waals surface area (Å²) < 4.78 is 5.77. The fraction of sp³-hybridized carbons (Fsp3) is 0.280. The Morgan fingerprint density at radius 1 is 1.14 bits per heavy atom. The first-order chi connectivity index (χ1) is 17.6. The topological polar surface area (TPSA) is 179 Å². The molecule has 12 nitrogen and oxygen atoms in total. The maximum atomic E-state index is 13.8. The number of ketones is 3. The summed E-state index contributed by atoms with van der Waals surface area (Å²) in [6.07, 6.45) is 4.10. The van der Waals surface area contributed by atoms with Gasteiger partial charge in [0.2, 0.25) is 0 Å². The third-order valence-electron chi connectivity index (χ3n) is 6.79. The molecule has 2 aliphatic rings. The number of carbonyl (C=O) groups is 3. The van der Waals surface area contributed by atoms with E-state index in [-0.39, 0.29) is 39.5 Å². The van der Waals surface area contributed by atoms with E-state index in [0.29, 0.717) is 35.8 Å². The molecule has 5 rings (SSSR count).